The van der Waals surface area contributed by atoms with Crippen molar-refractivity contribution in [1.82, 2.24) is 0 Å². The van der Waals surface area contributed by atoms with E-state index in [1.54, 1.807) is 37.3 Å². The normalized spacial score (nSPS) is 9.93. The van der Waals surface area contributed by atoms with Crippen LogP contribution in [0, 0.1) is 6.92 Å². The Hall–Kier alpha value is -1.80. The number of anilines is 2. The molecule has 0 atom stereocenters. The standard InChI is InChI=1S/C17H17Cl2NO3.C4H7BrO2/c1-3-22-10-23-17(21)12-6-4-5-7-14(12)20-16-13(18)9-8-11(2)15(16)19;1-2-7-4(6)3-5/h4-9,20H,3,10H2,1-2H3;2-3H2,1H3. The van der Waals surface area contributed by atoms with Crippen molar-refractivity contribution in [2.24, 2.45) is 0 Å². The number of benzene rings is 2. The van der Waals surface area contributed by atoms with Gasteiger partial charge in [-0.05, 0) is 44.5 Å². The summed E-state index contributed by atoms with van der Waals surface area (Å²) >= 11 is 15.4. The Morgan fingerprint density at radius 1 is 1.03 bits per heavy atom. The number of ether oxygens (including phenoxy) is 3. The summed E-state index contributed by atoms with van der Waals surface area (Å²) in [7, 11) is 0. The summed E-state index contributed by atoms with van der Waals surface area (Å²) in [5, 5.41) is 4.39. The molecule has 2 aromatic carbocycles. The predicted molar refractivity (Wildman–Crippen MR) is 123 cm³/mol. The fourth-order valence-electron chi connectivity index (χ4n) is 2.13. The molecule has 1 N–H and O–H groups in total. The highest BCUT2D eigenvalue weighted by atomic mass is 79.9. The van der Waals surface area contributed by atoms with Gasteiger partial charge >= 0.3 is 11.9 Å². The van der Waals surface area contributed by atoms with Crippen molar-refractivity contribution < 1.29 is 23.8 Å². The number of halogens is 3. The summed E-state index contributed by atoms with van der Waals surface area (Å²) < 4.78 is 14.6. The van der Waals surface area contributed by atoms with Gasteiger partial charge in [-0.3, -0.25) is 4.79 Å². The Balaban J connectivity index is 0.000000553. The van der Waals surface area contributed by atoms with E-state index in [1.807, 2.05) is 19.9 Å². The van der Waals surface area contributed by atoms with Gasteiger partial charge in [-0.1, -0.05) is 57.3 Å². The van der Waals surface area contributed by atoms with E-state index in [4.69, 9.17) is 32.7 Å². The summed E-state index contributed by atoms with van der Waals surface area (Å²) in [6.45, 7) is 6.33. The largest absolute Gasteiger partial charge is 0.465 e. The van der Waals surface area contributed by atoms with Crippen molar-refractivity contribution in [1.29, 1.82) is 0 Å². The van der Waals surface area contributed by atoms with E-state index in [2.05, 4.69) is 26.0 Å². The van der Waals surface area contributed by atoms with Crippen LogP contribution in [0.15, 0.2) is 36.4 Å². The molecule has 0 radical (unpaired) electrons. The second kappa shape index (κ2) is 14.2. The van der Waals surface area contributed by atoms with Gasteiger partial charge in [0, 0.05) is 6.61 Å². The fourth-order valence-corrected chi connectivity index (χ4v) is 2.76. The van der Waals surface area contributed by atoms with Crippen LogP contribution in [-0.4, -0.2) is 37.3 Å². The molecule has 0 spiro atoms. The molecule has 0 fully saturated rings. The van der Waals surface area contributed by atoms with Crippen LogP contribution in [0.5, 0.6) is 0 Å². The van der Waals surface area contributed by atoms with E-state index in [-0.39, 0.29) is 12.8 Å². The lowest BCUT2D eigenvalue weighted by Gasteiger charge is -2.15. The Labute approximate surface area is 194 Å². The minimum atomic E-state index is -0.485. The van der Waals surface area contributed by atoms with Crippen LogP contribution >= 0.6 is 39.1 Å². The molecule has 0 saturated carbocycles. The number of esters is 2. The van der Waals surface area contributed by atoms with Crippen LogP contribution in [-0.2, 0) is 19.0 Å². The highest BCUT2D eigenvalue weighted by Crippen LogP contribution is 2.36. The SMILES string of the molecule is CCOC(=O)CBr.CCOCOC(=O)c1ccccc1Nc1c(Cl)ccc(C)c1Cl. The quantitative estimate of drug-likeness (QED) is 0.195. The number of aryl methyl sites for hydroxylation is 1. The molecule has 2 rings (SSSR count). The molecule has 0 aliphatic carbocycles. The van der Waals surface area contributed by atoms with Crippen LogP contribution in [0.3, 0.4) is 0 Å². The van der Waals surface area contributed by atoms with Crippen LogP contribution in [0.25, 0.3) is 0 Å². The Morgan fingerprint density at radius 3 is 2.33 bits per heavy atom. The molecule has 0 heterocycles. The molecule has 164 valence electrons. The molecule has 0 unspecified atom stereocenters. The maximum Gasteiger partial charge on any atom is 0.342 e. The summed E-state index contributed by atoms with van der Waals surface area (Å²) in [4.78, 5) is 22.3. The molecular formula is C21H24BrCl2NO5. The van der Waals surface area contributed by atoms with E-state index in [9.17, 15) is 9.59 Å². The smallest absolute Gasteiger partial charge is 0.342 e. The summed E-state index contributed by atoms with van der Waals surface area (Å²) in [5.41, 5.74) is 2.37. The zero-order valence-electron chi connectivity index (χ0n) is 17.0. The first kappa shape index (κ1) is 26.2. The third kappa shape index (κ3) is 8.52. The van der Waals surface area contributed by atoms with Gasteiger partial charge in [0.1, 0.15) is 5.33 Å². The summed E-state index contributed by atoms with van der Waals surface area (Å²) in [6.07, 6.45) is 0. The summed E-state index contributed by atoms with van der Waals surface area (Å²) in [5.74, 6) is -0.691. The minimum absolute atomic E-state index is 0.0877. The number of hydrogen-bond acceptors (Lipinski definition) is 6. The molecule has 0 bridgehead atoms. The number of carbonyl (C=O) groups excluding carboxylic acids is 2. The number of para-hydroxylation sites is 1. The maximum atomic E-state index is 12.2. The molecular weight excluding hydrogens is 497 g/mol. The van der Waals surface area contributed by atoms with Gasteiger partial charge in [0.2, 0.25) is 0 Å². The van der Waals surface area contributed by atoms with Crippen molar-refractivity contribution >= 4 is 62.4 Å². The van der Waals surface area contributed by atoms with E-state index in [0.29, 0.717) is 45.5 Å². The lowest BCUT2D eigenvalue weighted by molar-refractivity contribution is -0.139. The highest BCUT2D eigenvalue weighted by molar-refractivity contribution is 9.09. The third-order valence-corrected chi connectivity index (χ3v) is 4.84. The van der Waals surface area contributed by atoms with Crippen LogP contribution in [0.2, 0.25) is 10.0 Å². The molecule has 6 nitrogen and oxygen atoms in total. The van der Waals surface area contributed by atoms with E-state index >= 15 is 0 Å². The number of rotatable bonds is 8. The maximum absolute atomic E-state index is 12.2. The molecule has 0 aromatic heterocycles. The number of nitrogens with one attached hydrogen (secondary N) is 1. The molecule has 0 aliphatic heterocycles. The lowest BCUT2D eigenvalue weighted by atomic mass is 10.1. The van der Waals surface area contributed by atoms with Crippen molar-refractivity contribution in [2.45, 2.75) is 20.8 Å². The van der Waals surface area contributed by atoms with Crippen LogP contribution in [0.1, 0.15) is 29.8 Å². The first-order chi connectivity index (χ1) is 14.3. The number of hydrogen-bond donors (Lipinski definition) is 1. The number of carbonyl (C=O) groups is 2. The first-order valence-electron chi connectivity index (χ1n) is 9.12. The molecule has 0 aliphatic rings. The van der Waals surface area contributed by atoms with Crippen LogP contribution in [0.4, 0.5) is 11.4 Å². The van der Waals surface area contributed by atoms with Crippen molar-refractivity contribution in [2.75, 3.05) is 30.7 Å². The second-order valence-corrected chi connectivity index (χ2v) is 7.05. The monoisotopic (exact) mass is 519 g/mol. The predicted octanol–water partition coefficient (Wildman–Crippen LogP) is 6.14. The Bertz CT molecular complexity index is 848. The topological polar surface area (TPSA) is 73.9 Å². The zero-order chi connectivity index (χ0) is 22.5. The van der Waals surface area contributed by atoms with Crippen LogP contribution < -0.4 is 5.32 Å². The Kier molecular flexibility index (Phi) is 12.5. The Morgan fingerprint density at radius 2 is 1.73 bits per heavy atom. The van der Waals surface area contributed by atoms with Crippen molar-refractivity contribution in [3.8, 4) is 0 Å². The first-order valence-corrected chi connectivity index (χ1v) is 11.0. The average Bonchev–Trinajstić information content (AvgIpc) is 2.75. The lowest BCUT2D eigenvalue weighted by Crippen LogP contribution is -2.11. The van der Waals surface area contributed by atoms with E-state index in [1.165, 1.54) is 0 Å². The highest BCUT2D eigenvalue weighted by Gasteiger charge is 2.15. The zero-order valence-corrected chi connectivity index (χ0v) is 20.1. The van der Waals surface area contributed by atoms with E-state index in [0.717, 1.165) is 5.56 Å². The second-order valence-electron chi connectivity index (χ2n) is 5.70. The molecule has 0 amide bonds. The molecule has 9 heteroatoms. The van der Waals surface area contributed by atoms with Crippen molar-refractivity contribution in [3.05, 3.63) is 57.6 Å². The molecule has 0 saturated heterocycles. The van der Waals surface area contributed by atoms with Gasteiger partial charge in [-0.25, -0.2) is 4.79 Å². The van der Waals surface area contributed by atoms with Gasteiger partial charge in [0.15, 0.2) is 6.79 Å². The number of alkyl halides is 1. The van der Waals surface area contributed by atoms with Gasteiger partial charge in [-0.2, -0.15) is 0 Å². The van der Waals surface area contributed by atoms with E-state index < -0.39 is 5.97 Å². The minimum Gasteiger partial charge on any atom is -0.465 e. The van der Waals surface area contributed by atoms with Gasteiger partial charge in [0.05, 0.1) is 33.6 Å². The molecule has 30 heavy (non-hydrogen) atoms. The fraction of sp³-hybridized carbons (Fsp3) is 0.333. The van der Waals surface area contributed by atoms with Gasteiger partial charge in [0.25, 0.3) is 0 Å². The van der Waals surface area contributed by atoms with Crippen molar-refractivity contribution in [3.63, 3.8) is 0 Å². The average molecular weight is 521 g/mol. The third-order valence-electron chi connectivity index (χ3n) is 3.58. The van der Waals surface area contributed by atoms with Gasteiger partial charge < -0.3 is 19.5 Å². The van der Waals surface area contributed by atoms with Gasteiger partial charge in [-0.15, -0.1) is 0 Å². The summed E-state index contributed by atoms with van der Waals surface area (Å²) in [6, 6.07) is 10.6. The molecule has 2 aromatic rings.